The molecule has 5 heteroatoms. The Morgan fingerprint density at radius 1 is 1.47 bits per heavy atom. The molecule has 0 saturated heterocycles. The van der Waals surface area contributed by atoms with Crippen LogP contribution in [-0.2, 0) is 13.6 Å². The number of anilines is 1. The molecule has 0 aliphatic heterocycles. The maximum atomic E-state index is 4.10. The summed E-state index contributed by atoms with van der Waals surface area (Å²) in [5.74, 6) is 0. The van der Waals surface area contributed by atoms with E-state index in [-0.39, 0.29) is 0 Å². The van der Waals surface area contributed by atoms with Gasteiger partial charge in [0.05, 0.1) is 24.1 Å². The lowest BCUT2D eigenvalue weighted by Gasteiger charge is -2.06. The number of halogens is 1. The highest BCUT2D eigenvalue weighted by Gasteiger charge is 1.98. The number of hydrogen-bond donors (Lipinski definition) is 1. The fraction of sp³-hybridized carbons (Fsp3) is 0.200. The molecule has 2 aromatic rings. The van der Waals surface area contributed by atoms with Crippen molar-refractivity contribution in [3.05, 3.63) is 40.9 Å². The van der Waals surface area contributed by atoms with Crippen LogP contribution in [-0.4, -0.2) is 14.8 Å². The zero-order chi connectivity index (χ0) is 10.7. The summed E-state index contributed by atoms with van der Waals surface area (Å²) < 4.78 is 2.82. The largest absolute Gasteiger partial charge is 0.378 e. The monoisotopic (exact) mass is 266 g/mol. The number of pyridine rings is 1. The molecule has 0 fully saturated rings. The first-order valence-electron chi connectivity index (χ1n) is 4.57. The van der Waals surface area contributed by atoms with Crippen molar-refractivity contribution in [1.82, 2.24) is 14.8 Å². The van der Waals surface area contributed by atoms with E-state index in [1.54, 1.807) is 18.6 Å². The molecule has 2 heterocycles. The van der Waals surface area contributed by atoms with Crippen LogP contribution in [0.4, 0.5) is 5.69 Å². The lowest BCUT2D eigenvalue weighted by Crippen LogP contribution is -2.05. The third-order valence-electron chi connectivity index (χ3n) is 2.10. The van der Waals surface area contributed by atoms with Crippen molar-refractivity contribution in [1.29, 1.82) is 0 Å². The summed E-state index contributed by atoms with van der Waals surface area (Å²) in [6.07, 6.45) is 5.34. The van der Waals surface area contributed by atoms with Gasteiger partial charge in [-0.2, -0.15) is 5.10 Å². The van der Waals surface area contributed by atoms with Crippen LogP contribution in [0.25, 0.3) is 0 Å². The van der Waals surface area contributed by atoms with Crippen molar-refractivity contribution in [3.63, 3.8) is 0 Å². The average Bonchev–Trinajstić information content (AvgIpc) is 2.61. The van der Waals surface area contributed by atoms with E-state index in [0.717, 1.165) is 22.4 Å². The zero-order valence-electron chi connectivity index (χ0n) is 8.31. The molecule has 0 bridgehead atoms. The molecule has 0 amide bonds. The molecule has 1 N–H and O–H groups in total. The fourth-order valence-electron chi connectivity index (χ4n) is 1.28. The highest BCUT2D eigenvalue weighted by Crippen LogP contribution is 2.14. The smallest absolute Gasteiger partial charge is 0.0571 e. The van der Waals surface area contributed by atoms with Crippen LogP contribution in [0.2, 0.25) is 0 Å². The molecular formula is C10H11BrN4. The van der Waals surface area contributed by atoms with Gasteiger partial charge in [0.15, 0.2) is 0 Å². The lowest BCUT2D eigenvalue weighted by atomic mass is 10.4. The second-order valence-corrected chi connectivity index (χ2v) is 4.11. The molecule has 15 heavy (non-hydrogen) atoms. The SMILES string of the molecule is Cn1nccc1CNc1cncc(Br)c1. The number of hydrogen-bond acceptors (Lipinski definition) is 3. The van der Waals surface area contributed by atoms with E-state index in [0.29, 0.717) is 0 Å². The minimum Gasteiger partial charge on any atom is -0.378 e. The molecule has 4 nitrogen and oxygen atoms in total. The fourth-order valence-corrected chi connectivity index (χ4v) is 1.64. The van der Waals surface area contributed by atoms with Gasteiger partial charge < -0.3 is 5.32 Å². The summed E-state index contributed by atoms with van der Waals surface area (Å²) in [7, 11) is 1.93. The highest BCUT2D eigenvalue weighted by atomic mass is 79.9. The normalized spacial score (nSPS) is 10.3. The third-order valence-corrected chi connectivity index (χ3v) is 2.53. The van der Waals surface area contributed by atoms with Crippen molar-refractivity contribution >= 4 is 21.6 Å². The quantitative estimate of drug-likeness (QED) is 0.926. The van der Waals surface area contributed by atoms with Gasteiger partial charge >= 0.3 is 0 Å². The van der Waals surface area contributed by atoms with Gasteiger partial charge in [0.25, 0.3) is 0 Å². The van der Waals surface area contributed by atoms with Gasteiger partial charge in [0.1, 0.15) is 0 Å². The molecule has 0 unspecified atom stereocenters. The second-order valence-electron chi connectivity index (χ2n) is 3.19. The molecular weight excluding hydrogens is 256 g/mol. The predicted octanol–water partition coefficient (Wildman–Crippen LogP) is 2.19. The van der Waals surface area contributed by atoms with E-state index in [1.807, 2.05) is 23.9 Å². The van der Waals surface area contributed by atoms with E-state index in [1.165, 1.54) is 0 Å². The van der Waals surface area contributed by atoms with Gasteiger partial charge in [0.2, 0.25) is 0 Å². The van der Waals surface area contributed by atoms with Crippen molar-refractivity contribution in [3.8, 4) is 0 Å². The molecule has 0 aliphatic rings. The summed E-state index contributed by atoms with van der Waals surface area (Å²) in [5.41, 5.74) is 2.13. The van der Waals surface area contributed by atoms with Gasteiger partial charge in [-0.3, -0.25) is 9.67 Å². The molecule has 78 valence electrons. The second kappa shape index (κ2) is 4.44. The van der Waals surface area contributed by atoms with Gasteiger partial charge in [-0.25, -0.2) is 0 Å². The summed E-state index contributed by atoms with van der Waals surface area (Å²) in [4.78, 5) is 4.07. The Morgan fingerprint density at radius 2 is 2.33 bits per heavy atom. The molecule has 2 aromatic heterocycles. The molecule has 0 spiro atoms. The van der Waals surface area contributed by atoms with E-state index >= 15 is 0 Å². The first-order chi connectivity index (χ1) is 7.25. The van der Waals surface area contributed by atoms with Crippen molar-refractivity contribution in [2.45, 2.75) is 6.54 Å². The Hall–Kier alpha value is -1.36. The minimum absolute atomic E-state index is 0.745. The summed E-state index contributed by atoms with van der Waals surface area (Å²) in [6, 6.07) is 3.97. The van der Waals surface area contributed by atoms with Crippen LogP contribution in [0.15, 0.2) is 35.2 Å². The maximum Gasteiger partial charge on any atom is 0.0571 e. The van der Waals surface area contributed by atoms with Crippen LogP contribution in [0, 0.1) is 0 Å². The van der Waals surface area contributed by atoms with E-state index in [2.05, 4.69) is 31.3 Å². The van der Waals surface area contributed by atoms with E-state index < -0.39 is 0 Å². The van der Waals surface area contributed by atoms with Gasteiger partial charge in [-0.15, -0.1) is 0 Å². The molecule has 0 radical (unpaired) electrons. The van der Waals surface area contributed by atoms with Crippen molar-refractivity contribution < 1.29 is 0 Å². The van der Waals surface area contributed by atoms with Crippen LogP contribution in [0.3, 0.4) is 0 Å². The van der Waals surface area contributed by atoms with Crippen LogP contribution in [0.1, 0.15) is 5.69 Å². The zero-order valence-corrected chi connectivity index (χ0v) is 9.90. The van der Waals surface area contributed by atoms with Crippen LogP contribution >= 0.6 is 15.9 Å². The number of aryl methyl sites for hydroxylation is 1. The summed E-state index contributed by atoms with van der Waals surface area (Å²) in [6.45, 7) is 0.745. The topological polar surface area (TPSA) is 42.7 Å². The molecule has 2 rings (SSSR count). The van der Waals surface area contributed by atoms with Gasteiger partial charge in [-0.05, 0) is 28.1 Å². The van der Waals surface area contributed by atoms with Gasteiger partial charge in [-0.1, -0.05) is 0 Å². The maximum absolute atomic E-state index is 4.10. The molecule has 0 aromatic carbocycles. The molecule has 0 aliphatic carbocycles. The third kappa shape index (κ3) is 2.56. The van der Waals surface area contributed by atoms with Crippen molar-refractivity contribution in [2.24, 2.45) is 7.05 Å². The Kier molecular flexibility index (Phi) is 3.01. The van der Waals surface area contributed by atoms with Gasteiger partial charge in [0, 0.05) is 23.9 Å². The number of aromatic nitrogens is 3. The summed E-state index contributed by atoms with van der Waals surface area (Å²) >= 11 is 3.38. The Morgan fingerprint density at radius 3 is 3.00 bits per heavy atom. The Bertz CT molecular complexity index is 452. The number of nitrogens with one attached hydrogen (secondary N) is 1. The van der Waals surface area contributed by atoms with Crippen LogP contribution in [0.5, 0.6) is 0 Å². The van der Waals surface area contributed by atoms with E-state index in [4.69, 9.17) is 0 Å². The highest BCUT2D eigenvalue weighted by molar-refractivity contribution is 9.10. The molecule has 0 atom stereocenters. The average molecular weight is 267 g/mol. The lowest BCUT2D eigenvalue weighted by molar-refractivity contribution is 0.720. The first-order valence-corrected chi connectivity index (χ1v) is 5.36. The van der Waals surface area contributed by atoms with Crippen LogP contribution < -0.4 is 5.32 Å². The first kappa shape index (κ1) is 10.2. The standard InChI is InChI=1S/C10H11BrN4/c1-15-10(2-3-14-15)7-13-9-4-8(11)5-12-6-9/h2-6,13H,7H2,1H3. The predicted molar refractivity (Wildman–Crippen MR) is 62.5 cm³/mol. The summed E-state index contributed by atoms with van der Waals surface area (Å²) in [5, 5.41) is 7.37. The number of nitrogens with zero attached hydrogens (tertiary/aromatic N) is 3. The molecule has 0 saturated carbocycles. The Labute approximate surface area is 96.5 Å². The Balaban J connectivity index is 2.02. The number of rotatable bonds is 3. The van der Waals surface area contributed by atoms with Crippen molar-refractivity contribution in [2.75, 3.05) is 5.32 Å². The minimum atomic E-state index is 0.745. The van der Waals surface area contributed by atoms with E-state index in [9.17, 15) is 0 Å².